The summed E-state index contributed by atoms with van der Waals surface area (Å²) >= 11 is 0. The van der Waals surface area contributed by atoms with Crippen molar-refractivity contribution in [2.75, 3.05) is 6.61 Å². The lowest BCUT2D eigenvalue weighted by Gasteiger charge is -2.30. The maximum Gasteiger partial charge on any atom is 0.130 e. The Balaban J connectivity index is 1.30. The van der Waals surface area contributed by atoms with Gasteiger partial charge in [0.15, 0.2) is 0 Å². The Bertz CT molecular complexity index is 1160. The first kappa shape index (κ1) is 18.6. The number of rotatable bonds is 5. The second-order valence-corrected chi connectivity index (χ2v) is 7.56. The number of hydrogen-bond donors (Lipinski definition) is 1. The monoisotopic (exact) mass is 398 g/mol. The van der Waals surface area contributed by atoms with Crippen LogP contribution in [0.3, 0.4) is 0 Å². The van der Waals surface area contributed by atoms with Crippen LogP contribution in [0.4, 0.5) is 0 Å². The van der Waals surface area contributed by atoms with Gasteiger partial charge in [-0.05, 0) is 54.4 Å². The number of para-hydroxylation sites is 1. The van der Waals surface area contributed by atoms with Crippen molar-refractivity contribution >= 4 is 10.9 Å². The molecular formula is C25H22N2O3. The molecule has 5 heteroatoms. The number of hydrogen-bond acceptors (Lipinski definition) is 5. The standard InChI is InChI=1S/C25H22N2O3/c28-25-19(13-17-9-11-26-12-10-17)15-30-24-8-7-21(14-22(24)25)29-16-20-6-5-18-3-1-2-4-23(18)27-20/h1-12,14,19,25,28H,13,15-16H2/t19-,25+/m0/s1. The van der Waals surface area contributed by atoms with Crippen LogP contribution in [0.25, 0.3) is 10.9 Å². The molecule has 3 heterocycles. The number of nitrogens with zero attached hydrogens (tertiary/aromatic N) is 2. The van der Waals surface area contributed by atoms with Gasteiger partial charge in [-0.2, -0.15) is 0 Å². The van der Waals surface area contributed by atoms with Gasteiger partial charge in [0.25, 0.3) is 0 Å². The Hall–Kier alpha value is -3.44. The molecule has 0 amide bonds. The molecule has 0 unspecified atom stereocenters. The number of aliphatic hydroxyl groups is 1. The van der Waals surface area contributed by atoms with Crippen LogP contribution in [0.1, 0.15) is 22.9 Å². The van der Waals surface area contributed by atoms with Crippen molar-refractivity contribution in [3.05, 3.63) is 95.9 Å². The van der Waals surface area contributed by atoms with Gasteiger partial charge in [-0.25, -0.2) is 4.98 Å². The first-order chi connectivity index (χ1) is 14.8. The van der Waals surface area contributed by atoms with Crippen molar-refractivity contribution in [3.8, 4) is 11.5 Å². The third kappa shape index (κ3) is 3.84. The van der Waals surface area contributed by atoms with E-state index >= 15 is 0 Å². The van der Waals surface area contributed by atoms with E-state index in [1.54, 1.807) is 12.4 Å². The molecule has 2 aromatic carbocycles. The van der Waals surface area contributed by atoms with E-state index in [4.69, 9.17) is 9.47 Å². The lowest BCUT2D eigenvalue weighted by atomic mass is 9.88. The van der Waals surface area contributed by atoms with Gasteiger partial charge in [-0.3, -0.25) is 4.98 Å². The molecule has 0 aliphatic carbocycles. The molecule has 1 aliphatic rings. The van der Waals surface area contributed by atoms with Crippen molar-refractivity contribution in [1.82, 2.24) is 9.97 Å². The smallest absolute Gasteiger partial charge is 0.130 e. The van der Waals surface area contributed by atoms with Crippen LogP contribution in [0.5, 0.6) is 11.5 Å². The van der Waals surface area contributed by atoms with Crippen molar-refractivity contribution in [1.29, 1.82) is 0 Å². The minimum Gasteiger partial charge on any atom is -0.493 e. The van der Waals surface area contributed by atoms with E-state index < -0.39 is 6.10 Å². The molecule has 0 bridgehead atoms. The highest BCUT2D eigenvalue weighted by atomic mass is 16.5. The maximum absolute atomic E-state index is 10.9. The van der Waals surface area contributed by atoms with E-state index in [9.17, 15) is 5.11 Å². The fourth-order valence-electron chi connectivity index (χ4n) is 3.86. The normalized spacial score (nSPS) is 17.9. The molecule has 0 fully saturated rings. The molecule has 0 spiro atoms. The zero-order valence-electron chi connectivity index (χ0n) is 16.4. The molecule has 2 atom stereocenters. The van der Waals surface area contributed by atoms with Crippen LogP contribution in [0, 0.1) is 5.92 Å². The predicted octanol–water partition coefficient (Wildman–Crippen LogP) is 4.49. The summed E-state index contributed by atoms with van der Waals surface area (Å²) in [5, 5.41) is 12.1. The zero-order chi connectivity index (χ0) is 20.3. The highest BCUT2D eigenvalue weighted by Crippen LogP contribution is 2.39. The molecule has 1 N–H and O–H groups in total. The molecule has 1 aliphatic heterocycles. The summed E-state index contributed by atoms with van der Waals surface area (Å²) in [6.07, 6.45) is 3.66. The van der Waals surface area contributed by atoms with Crippen molar-refractivity contribution in [2.45, 2.75) is 19.1 Å². The summed E-state index contributed by atoms with van der Waals surface area (Å²) in [6, 6.07) is 21.6. The third-order valence-electron chi connectivity index (χ3n) is 5.49. The van der Waals surface area contributed by atoms with Gasteiger partial charge in [0.05, 0.1) is 23.9 Å². The quantitative estimate of drug-likeness (QED) is 0.536. The molecule has 5 rings (SSSR count). The minimum absolute atomic E-state index is 0.0164. The molecule has 4 aromatic rings. The summed E-state index contributed by atoms with van der Waals surface area (Å²) < 4.78 is 11.9. The van der Waals surface area contributed by atoms with Crippen molar-refractivity contribution < 1.29 is 14.6 Å². The fourth-order valence-corrected chi connectivity index (χ4v) is 3.86. The van der Waals surface area contributed by atoms with Crippen LogP contribution in [0.2, 0.25) is 0 Å². The summed E-state index contributed by atoms with van der Waals surface area (Å²) in [7, 11) is 0. The SMILES string of the molecule is O[C@H]1c2cc(OCc3ccc4ccccc4n3)ccc2OC[C@@H]1Cc1ccncc1. The van der Waals surface area contributed by atoms with Gasteiger partial charge in [0.1, 0.15) is 18.1 Å². The number of pyridine rings is 2. The topological polar surface area (TPSA) is 64.5 Å². The summed E-state index contributed by atoms with van der Waals surface area (Å²) in [5.41, 5.74) is 3.71. The highest BCUT2D eigenvalue weighted by Gasteiger charge is 2.30. The van der Waals surface area contributed by atoms with E-state index in [0.29, 0.717) is 24.7 Å². The molecule has 30 heavy (non-hydrogen) atoms. The predicted molar refractivity (Wildman–Crippen MR) is 114 cm³/mol. The first-order valence-corrected chi connectivity index (χ1v) is 10.1. The van der Waals surface area contributed by atoms with Gasteiger partial charge in [-0.1, -0.05) is 24.3 Å². The van der Waals surface area contributed by atoms with E-state index in [1.807, 2.05) is 60.7 Å². The first-order valence-electron chi connectivity index (χ1n) is 10.1. The van der Waals surface area contributed by atoms with E-state index in [0.717, 1.165) is 34.1 Å². The summed E-state index contributed by atoms with van der Waals surface area (Å²) in [5.74, 6) is 1.39. The van der Waals surface area contributed by atoms with Crippen molar-refractivity contribution in [2.24, 2.45) is 5.92 Å². The van der Waals surface area contributed by atoms with Crippen LogP contribution in [0.15, 0.2) is 79.1 Å². The Morgan fingerprint density at radius 3 is 2.77 bits per heavy atom. The fraction of sp³-hybridized carbons (Fsp3) is 0.200. The van der Waals surface area contributed by atoms with Crippen molar-refractivity contribution in [3.63, 3.8) is 0 Å². The van der Waals surface area contributed by atoms with Crippen LogP contribution < -0.4 is 9.47 Å². The average molecular weight is 398 g/mol. The molecule has 150 valence electrons. The molecule has 2 aromatic heterocycles. The molecule has 5 nitrogen and oxygen atoms in total. The lowest BCUT2D eigenvalue weighted by Crippen LogP contribution is -2.27. The molecule has 0 saturated carbocycles. The summed E-state index contributed by atoms with van der Waals surface area (Å²) in [6.45, 7) is 0.846. The Morgan fingerprint density at radius 2 is 1.87 bits per heavy atom. The molecule has 0 saturated heterocycles. The van der Waals surface area contributed by atoms with Gasteiger partial charge >= 0.3 is 0 Å². The van der Waals surface area contributed by atoms with E-state index in [2.05, 4.69) is 16.0 Å². The number of aromatic nitrogens is 2. The summed E-state index contributed by atoms with van der Waals surface area (Å²) in [4.78, 5) is 8.70. The van der Waals surface area contributed by atoms with Gasteiger partial charge in [0, 0.05) is 29.3 Å². The Morgan fingerprint density at radius 1 is 1.00 bits per heavy atom. The molecular weight excluding hydrogens is 376 g/mol. The maximum atomic E-state index is 10.9. The average Bonchev–Trinajstić information content (AvgIpc) is 2.80. The lowest BCUT2D eigenvalue weighted by molar-refractivity contribution is 0.0504. The number of aliphatic hydroxyl groups excluding tert-OH is 1. The third-order valence-corrected chi connectivity index (χ3v) is 5.49. The van der Waals surface area contributed by atoms with Crippen LogP contribution >= 0.6 is 0 Å². The Kier molecular flexibility index (Phi) is 5.03. The van der Waals surface area contributed by atoms with Crippen LogP contribution in [-0.2, 0) is 13.0 Å². The second-order valence-electron chi connectivity index (χ2n) is 7.56. The Labute approximate surface area is 175 Å². The van der Waals surface area contributed by atoms with E-state index in [-0.39, 0.29) is 5.92 Å². The highest BCUT2D eigenvalue weighted by molar-refractivity contribution is 5.78. The van der Waals surface area contributed by atoms with E-state index in [1.165, 1.54) is 0 Å². The number of benzene rings is 2. The molecule has 0 radical (unpaired) electrons. The van der Waals surface area contributed by atoms with Gasteiger partial charge in [0.2, 0.25) is 0 Å². The second kappa shape index (κ2) is 8.13. The minimum atomic E-state index is -0.607. The zero-order valence-corrected chi connectivity index (χ0v) is 16.4. The van der Waals surface area contributed by atoms with Gasteiger partial charge < -0.3 is 14.6 Å². The van der Waals surface area contributed by atoms with Gasteiger partial charge in [-0.15, -0.1) is 0 Å². The number of fused-ring (bicyclic) bond motifs is 2. The number of ether oxygens (including phenoxy) is 2. The van der Waals surface area contributed by atoms with Crippen LogP contribution in [-0.4, -0.2) is 21.7 Å². The largest absolute Gasteiger partial charge is 0.493 e.